The first-order valence-electron chi connectivity index (χ1n) is 26.1. The van der Waals surface area contributed by atoms with Gasteiger partial charge in [0, 0.05) is 101 Å². The lowest BCUT2D eigenvalue weighted by Gasteiger charge is -2.37. The summed E-state index contributed by atoms with van der Waals surface area (Å²) in [4.78, 5) is 39.3. The molecule has 0 aliphatic carbocycles. The van der Waals surface area contributed by atoms with Crippen LogP contribution in [0, 0.1) is 25.6 Å². The number of aryl methyl sites for hydroxylation is 1. The van der Waals surface area contributed by atoms with Crippen molar-refractivity contribution in [1.82, 2.24) is 9.47 Å². The van der Waals surface area contributed by atoms with Gasteiger partial charge in [-0.05, 0) is 169 Å². The highest BCUT2D eigenvalue weighted by Gasteiger charge is 2.32. The lowest BCUT2D eigenvalue weighted by Crippen LogP contribution is -2.46. The van der Waals surface area contributed by atoms with E-state index in [4.69, 9.17) is 16.3 Å². The van der Waals surface area contributed by atoms with Crippen LogP contribution in [0.5, 0.6) is 0 Å². The molecule has 15 nitrogen and oxygen atoms in total. The van der Waals surface area contributed by atoms with Gasteiger partial charge in [-0.2, -0.15) is 0 Å². The Morgan fingerprint density at radius 2 is 1.46 bits per heavy atom. The number of carbonyl (C=O) groups excluding carboxylic acids is 1. The van der Waals surface area contributed by atoms with Crippen molar-refractivity contribution in [2.24, 2.45) is 5.92 Å². The van der Waals surface area contributed by atoms with Crippen LogP contribution in [0.3, 0.4) is 0 Å². The van der Waals surface area contributed by atoms with Gasteiger partial charge in [-0.3, -0.25) is 14.1 Å². The van der Waals surface area contributed by atoms with Crippen LogP contribution in [0.15, 0.2) is 130 Å². The first-order chi connectivity index (χ1) is 36.9. The minimum Gasteiger partial charge on any atom is -0.462 e. The lowest BCUT2D eigenvalue weighted by molar-refractivity contribution is -0.154. The summed E-state index contributed by atoms with van der Waals surface area (Å²) in [6, 6.07) is 34.3. The van der Waals surface area contributed by atoms with E-state index in [1.807, 2.05) is 73.9 Å². The van der Waals surface area contributed by atoms with Gasteiger partial charge in [-0.25, -0.2) is 21.2 Å². The molecule has 21 heteroatoms. The molecule has 8 rings (SSSR count). The molecule has 0 radical (unpaired) electrons. The van der Waals surface area contributed by atoms with Gasteiger partial charge in [0.2, 0.25) is 0 Å². The zero-order chi connectivity index (χ0) is 56.1. The molecule has 418 valence electrons. The highest BCUT2D eigenvalue weighted by Crippen LogP contribution is 2.45. The number of likely N-dealkylation sites (tertiary alicyclic amines) is 1. The van der Waals surface area contributed by atoms with Crippen molar-refractivity contribution in [3.63, 3.8) is 0 Å². The maximum atomic E-state index is 15.8. The summed E-state index contributed by atoms with van der Waals surface area (Å²) in [6.45, 7) is 13.6. The molecule has 1 aromatic heterocycles. The Kier molecular flexibility index (Phi) is 18.8. The second-order valence-electron chi connectivity index (χ2n) is 20.6. The average molecular weight is 1160 g/mol. The highest BCUT2D eigenvalue weighted by atomic mass is 35.5. The molecule has 2 saturated heterocycles. The fraction of sp³-hybridized carbons (Fsp3) is 0.386. The molecule has 78 heavy (non-hydrogen) atoms. The third-order valence-corrected chi connectivity index (χ3v) is 19.3. The van der Waals surface area contributed by atoms with Crippen molar-refractivity contribution in [2.45, 2.75) is 86.8 Å². The van der Waals surface area contributed by atoms with E-state index in [9.17, 15) is 36.0 Å². The van der Waals surface area contributed by atoms with Crippen molar-refractivity contribution in [3.8, 4) is 22.4 Å². The van der Waals surface area contributed by atoms with Crippen molar-refractivity contribution in [3.05, 3.63) is 137 Å². The summed E-state index contributed by atoms with van der Waals surface area (Å²) >= 11 is 8.00. The number of carbonyl (C=O) groups is 1. The van der Waals surface area contributed by atoms with Crippen LogP contribution < -0.4 is 19.8 Å². The van der Waals surface area contributed by atoms with Crippen molar-refractivity contribution < 1.29 is 45.1 Å². The second kappa shape index (κ2) is 25.0. The molecule has 4 N–H and O–H groups in total. The van der Waals surface area contributed by atoms with E-state index in [1.54, 1.807) is 61.2 Å². The number of rotatable bonds is 21. The predicted molar refractivity (Wildman–Crippen MR) is 312 cm³/mol. The molecular weight excluding hydrogens is 1090 g/mol. The molecule has 5 aromatic carbocycles. The van der Waals surface area contributed by atoms with Crippen LogP contribution in [-0.2, 0) is 34.0 Å². The number of ether oxygens (including phenoxy) is 1. The smallest absolute Gasteiger partial charge is 0.329 e. The molecule has 3 heterocycles. The molecular formula is C57H69ClFN6O9PS3. The SMILES string of the molecule is Cc1cc(S(=O)(=O)Nc2ccc(N3CCN(c4cc(F)cc(-c5c(S(C)(=O)=O)c(C)n(C(C)C)c5-c5ccc(Cl)cc5)c4)CC3)cc2)ccc1N[C@H](CCN1CCC(C(=O)OC(C)CP(=O)(O)O)CC1)CSc1ccccc1. The summed E-state index contributed by atoms with van der Waals surface area (Å²) < 4.78 is 92.0. The molecule has 0 amide bonds. The number of thioether (sulfide) groups is 1. The lowest BCUT2D eigenvalue weighted by atomic mass is 9.96. The van der Waals surface area contributed by atoms with Crippen LogP contribution in [0.25, 0.3) is 22.4 Å². The van der Waals surface area contributed by atoms with Gasteiger partial charge in [-0.1, -0.05) is 41.9 Å². The first kappa shape index (κ1) is 58.8. The van der Waals surface area contributed by atoms with Gasteiger partial charge in [0.1, 0.15) is 11.9 Å². The standard InChI is InChI=1S/C57H69ClFN6O9PS3/c1-38(2)65-41(5)56(77(6,70)71)54(55(65)42-12-14-45(58)15-13-42)44-33-46(59)35-50(34-44)64-30-28-63(29-31-64)49-18-16-47(17-19-49)61-78(72,73)52-20-21-53(39(3)32-52)60-48(37-76-51-10-8-7-9-11-51)24-27-62-25-22-43(23-26-62)57(66)74-40(4)36-75(67,68)69/h7-21,32-35,38,40,43,48,60-61H,22-31,36-37H2,1-6H3,(H2,67,68,69)/t40?,48-/m1/s1. The Morgan fingerprint density at radius 3 is 2.06 bits per heavy atom. The van der Waals surface area contributed by atoms with Gasteiger partial charge in [-0.15, -0.1) is 11.8 Å². The number of sulfone groups is 1. The number of esters is 1. The molecule has 6 aromatic rings. The Hall–Kier alpha value is -5.37. The van der Waals surface area contributed by atoms with Crippen LogP contribution in [0.4, 0.5) is 27.1 Å². The molecule has 2 atom stereocenters. The Morgan fingerprint density at radius 1 is 0.821 bits per heavy atom. The van der Waals surface area contributed by atoms with Gasteiger partial charge < -0.3 is 39.1 Å². The van der Waals surface area contributed by atoms with Crippen molar-refractivity contribution >= 4 is 79.5 Å². The number of aromatic nitrogens is 1. The Labute approximate surface area is 467 Å². The summed E-state index contributed by atoms with van der Waals surface area (Å²) in [5, 5.41) is 4.23. The van der Waals surface area contributed by atoms with Gasteiger partial charge in [0.25, 0.3) is 10.0 Å². The van der Waals surface area contributed by atoms with Crippen LogP contribution >= 0.6 is 31.0 Å². The quantitative estimate of drug-likeness (QED) is 0.0302. The van der Waals surface area contributed by atoms with Crippen molar-refractivity contribution in [1.29, 1.82) is 0 Å². The Bertz CT molecular complexity index is 3350. The van der Waals surface area contributed by atoms with E-state index in [0.717, 1.165) is 46.1 Å². The Balaban J connectivity index is 0.890. The largest absolute Gasteiger partial charge is 0.462 e. The van der Waals surface area contributed by atoms with Gasteiger partial charge in [0.15, 0.2) is 9.84 Å². The molecule has 2 aliphatic heterocycles. The fourth-order valence-electron chi connectivity index (χ4n) is 10.5. The molecule has 0 spiro atoms. The molecule has 2 fully saturated rings. The summed E-state index contributed by atoms with van der Waals surface area (Å²) in [6.07, 6.45) is 1.78. The third-order valence-electron chi connectivity index (χ3n) is 14.3. The maximum absolute atomic E-state index is 15.8. The van der Waals surface area contributed by atoms with Crippen LogP contribution in [0.1, 0.15) is 57.3 Å². The first-order valence-corrected chi connectivity index (χ1v) is 32.6. The normalized spacial score (nSPS) is 15.8. The molecule has 1 unspecified atom stereocenters. The number of hydrogen-bond acceptors (Lipinski definition) is 12. The summed E-state index contributed by atoms with van der Waals surface area (Å²) in [7, 11) is -12.0. The van der Waals surface area contributed by atoms with Gasteiger partial charge in [0.05, 0.1) is 27.6 Å². The van der Waals surface area contributed by atoms with E-state index >= 15 is 4.39 Å². The number of piperidine rings is 1. The second-order valence-corrected chi connectivity index (χ2v) is 27.5. The van der Waals surface area contributed by atoms with Crippen molar-refractivity contribution in [2.75, 3.05) is 83.8 Å². The van der Waals surface area contributed by atoms with Gasteiger partial charge >= 0.3 is 13.6 Å². The molecule has 0 saturated carbocycles. The maximum Gasteiger partial charge on any atom is 0.329 e. The minimum absolute atomic E-state index is 0.0198. The topological polar surface area (TPSA) is 191 Å². The monoisotopic (exact) mass is 1160 g/mol. The summed E-state index contributed by atoms with van der Waals surface area (Å²) in [5.41, 5.74) is 6.45. The zero-order valence-corrected chi connectivity index (χ0v) is 48.8. The molecule has 0 bridgehead atoms. The summed E-state index contributed by atoms with van der Waals surface area (Å²) in [5.74, 6) is -0.475. The predicted octanol–water partition coefficient (Wildman–Crippen LogP) is 11.1. The number of piperazine rings is 1. The number of anilines is 4. The number of benzene rings is 5. The van der Waals surface area contributed by atoms with E-state index in [2.05, 4.69) is 36.9 Å². The number of nitrogens with zero attached hydrogens (tertiary/aromatic N) is 4. The highest BCUT2D eigenvalue weighted by molar-refractivity contribution is 7.99. The number of sulfonamides is 1. The number of halogens is 2. The van der Waals surface area contributed by atoms with Crippen LogP contribution in [0.2, 0.25) is 5.02 Å². The number of nitrogens with one attached hydrogen (secondary N) is 2. The average Bonchev–Trinajstić information content (AvgIpc) is 3.85. The van der Waals surface area contributed by atoms with E-state index in [0.29, 0.717) is 91.0 Å². The van der Waals surface area contributed by atoms with E-state index in [-0.39, 0.29) is 27.8 Å². The molecule has 2 aliphatic rings. The minimum atomic E-state index is -4.30. The fourth-order valence-corrected chi connectivity index (χ4v) is 14.7. The zero-order valence-electron chi connectivity index (χ0n) is 44.7. The third kappa shape index (κ3) is 14.9. The van der Waals surface area contributed by atoms with Crippen LogP contribution in [-0.4, -0.2) is 118 Å². The number of hydrogen-bond donors (Lipinski definition) is 4. The van der Waals surface area contributed by atoms with E-state index < -0.39 is 51.5 Å². The van der Waals surface area contributed by atoms with E-state index in [1.165, 1.54) is 25.3 Å².